The third kappa shape index (κ3) is 3.85. The lowest BCUT2D eigenvalue weighted by molar-refractivity contribution is -0.181. The normalized spacial score (nSPS) is 25.0. The maximum absolute atomic E-state index is 6.42. The molecule has 0 bridgehead atoms. The molecule has 116 valence electrons. The molecule has 0 amide bonds. The minimum atomic E-state index is -0.0234. The van der Waals surface area contributed by atoms with Crippen molar-refractivity contribution in [2.75, 3.05) is 32.7 Å². The molecule has 1 aromatic rings. The van der Waals surface area contributed by atoms with E-state index in [4.69, 9.17) is 4.74 Å². The summed E-state index contributed by atoms with van der Waals surface area (Å²) in [4.78, 5) is 2.59. The van der Waals surface area contributed by atoms with Crippen LogP contribution in [-0.2, 0) is 11.2 Å². The number of benzene rings is 1. The predicted molar refractivity (Wildman–Crippen MR) is 86.6 cm³/mol. The molecule has 3 nitrogen and oxygen atoms in total. The van der Waals surface area contributed by atoms with Crippen LogP contribution in [0.25, 0.3) is 0 Å². The van der Waals surface area contributed by atoms with Crippen LogP contribution in [0.4, 0.5) is 0 Å². The Morgan fingerprint density at radius 3 is 2.48 bits per heavy atom. The highest BCUT2D eigenvalue weighted by atomic mass is 16.5. The zero-order chi connectivity index (χ0) is 14.8. The van der Waals surface area contributed by atoms with E-state index in [0.717, 1.165) is 52.0 Å². The van der Waals surface area contributed by atoms with E-state index in [-0.39, 0.29) is 11.2 Å². The van der Waals surface area contributed by atoms with Crippen molar-refractivity contribution in [2.24, 2.45) is 0 Å². The summed E-state index contributed by atoms with van der Waals surface area (Å²) < 4.78 is 6.42. The van der Waals surface area contributed by atoms with Crippen LogP contribution in [0, 0.1) is 0 Å². The van der Waals surface area contributed by atoms with Crippen LogP contribution in [0.1, 0.15) is 32.3 Å². The first-order valence-electron chi connectivity index (χ1n) is 8.24. The number of rotatable bonds is 3. The molecular weight excluding hydrogens is 260 g/mol. The first-order valence-corrected chi connectivity index (χ1v) is 8.24. The fourth-order valence-corrected chi connectivity index (χ4v) is 3.64. The second-order valence-corrected chi connectivity index (χ2v) is 7.23. The van der Waals surface area contributed by atoms with Crippen LogP contribution >= 0.6 is 0 Å². The van der Waals surface area contributed by atoms with E-state index in [9.17, 15) is 0 Å². The highest BCUT2D eigenvalue weighted by Gasteiger charge is 2.42. The van der Waals surface area contributed by atoms with Gasteiger partial charge in [-0.2, -0.15) is 0 Å². The van der Waals surface area contributed by atoms with Crippen molar-refractivity contribution in [1.82, 2.24) is 10.2 Å². The standard InChI is InChI=1S/C18H28N2O/c1-17(2)14-19-15-18(21-17)9-12-20(13-10-18)11-8-16-6-4-3-5-7-16/h3-7,19H,8-15H2,1-2H3. The fraction of sp³-hybridized carbons (Fsp3) is 0.667. The van der Waals surface area contributed by atoms with E-state index >= 15 is 0 Å². The molecule has 2 fully saturated rings. The Labute approximate surface area is 128 Å². The van der Waals surface area contributed by atoms with E-state index in [1.54, 1.807) is 0 Å². The van der Waals surface area contributed by atoms with Gasteiger partial charge in [-0.1, -0.05) is 30.3 Å². The summed E-state index contributed by atoms with van der Waals surface area (Å²) in [6.07, 6.45) is 3.45. The average molecular weight is 288 g/mol. The third-order valence-corrected chi connectivity index (χ3v) is 4.82. The van der Waals surface area contributed by atoms with Crippen LogP contribution in [0.2, 0.25) is 0 Å². The lowest BCUT2D eigenvalue weighted by Gasteiger charge is -2.49. The number of hydrogen-bond donors (Lipinski definition) is 1. The number of ether oxygens (including phenoxy) is 1. The van der Waals surface area contributed by atoms with E-state index in [0.29, 0.717) is 0 Å². The topological polar surface area (TPSA) is 24.5 Å². The van der Waals surface area contributed by atoms with Gasteiger partial charge in [-0.3, -0.25) is 0 Å². The molecule has 3 heteroatoms. The number of piperidine rings is 1. The highest BCUT2D eigenvalue weighted by Crippen LogP contribution is 2.33. The van der Waals surface area contributed by atoms with Gasteiger partial charge >= 0.3 is 0 Å². The van der Waals surface area contributed by atoms with Crippen LogP contribution < -0.4 is 5.32 Å². The Morgan fingerprint density at radius 1 is 1.10 bits per heavy atom. The summed E-state index contributed by atoms with van der Waals surface area (Å²) in [5, 5.41) is 3.56. The molecular formula is C18H28N2O. The Hall–Kier alpha value is -0.900. The molecule has 0 radical (unpaired) electrons. The number of nitrogens with zero attached hydrogens (tertiary/aromatic N) is 1. The van der Waals surface area contributed by atoms with Gasteiger partial charge in [0.25, 0.3) is 0 Å². The van der Waals surface area contributed by atoms with Crippen LogP contribution in [-0.4, -0.2) is 48.8 Å². The van der Waals surface area contributed by atoms with Gasteiger partial charge in [0, 0.05) is 32.7 Å². The van der Waals surface area contributed by atoms with Gasteiger partial charge in [0.1, 0.15) is 0 Å². The number of morpholine rings is 1. The van der Waals surface area contributed by atoms with E-state index in [1.807, 2.05) is 0 Å². The van der Waals surface area contributed by atoms with Crippen LogP contribution in [0.15, 0.2) is 30.3 Å². The number of likely N-dealkylation sites (tertiary alicyclic amines) is 1. The molecule has 0 aliphatic carbocycles. The fourth-order valence-electron chi connectivity index (χ4n) is 3.64. The molecule has 0 atom stereocenters. The van der Waals surface area contributed by atoms with Crippen molar-refractivity contribution in [3.8, 4) is 0 Å². The molecule has 21 heavy (non-hydrogen) atoms. The molecule has 1 N–H and O–H groups in total. The molecule has 1 aromatic carbocycles. The van der Waals surface area contributed by atoms with Gasteiger partial charge in [0.2, 0.25) is 0 Å². The summed E-state index contributed by atoms with van der Waals surface area (Å²) in [6.45, 7) is 9.85. The Morgan fingerprint density at radius 2 is 1.81 bits per heavy atom. The number of nitrogens with one attached hydrogen (secondary N) is 1. The van der Waals surface area contributed by atoms with E-state index in [2.05, 4.69) is 54.4 Å². The van der Waals surface area contributed by atoms with E-state index < -0.39 is 0 Å². The van der Waals surface area contributed by atoms with Gasteiger partial charge in [-0.15, -0.1) is 0 Å². The predicted octanol–water partition coefficient (Wildman–Crippen LogP) is 2.46. The first kappa shape index (κ1) is 15.0. The molecule has 3 rings (SSSR count). The van der Waals surface area contributed by atoms with Gasteiger partial charge in [0.05, 0.1) is 11.2 Å². The summed E-state index contributed by atoms with van der Waals surface area (Å²) >= 11 is 0. The first-order chi connectivity index (χ1) is 10.1. The smallest absolute Gasteiger partial charge is 0.0838 e. The average Bonchev–Trinajstić information content (AvgIpc) is 2.47. The van der Waals surface area contributed by atoms with Crippen molar-refractivity contribution in [3.05, 3.63) is 35.9 Å². The second-order valence-electron chi connectivity index (χ2n) is 7.23. The van der Waals surface area contributed by atoms with Crippen molar-refractivity contribution in [3.63, 3.8) is 0 Å². The van der Waals surface area contributed by atoms with Crippen LogP contribution in [0.5, 0.6) is 0 Å². The van der Waals surface area contributed by atoms with Gasteiger partial charge in [-0.05, 0) is 38.7 Å². The molecule has 0 unspecified atom stereocenters. The molecule has 0 aromatic heterocycles. The van der Waals surface area contributed by atoms with Crippen molar-refractivity contribution < 1.29 is 4.74 Å². The molecule has 2 heterocycles. The maximum Gasteiger partial charge on any atom is 0.0838 e. The zero-order valence-corrected chi connectivity index (χ0v) is 13.4. The summed E-state index contributed by atoms with van der Waals surface area (Å²) in [5.41, 5.74) is 1.49. The maximum atomic E-state index is 6.42. The Balaban J connectivity index is 1.49. The van der Waals surface area contributed by atoms with Crippen molar-refractivity contribution in [1.29, 1.82) is 0 Å². The van der Waals surface area contributed by atoms with Crippen molar-refractivity contribution >= 4 is 0 Å². The summed E-state index contributed by atoms with van der Waals surface area (Å²) in [7, 11) is 0. The van der Waals surface area contributed by atoms with Gasteiger partial charge in [0.15, 0.2) is 0 Å². The lowest BCUT2D eigenvalue weighted by Crippen LogP contribution is -2.61. The minimum absolute atomic E-state index is 0.0234. The van der Waals surface area contributed by atoms with Crippen molar-refractivity contribution in [2.45, 2.75) is 44.3 Å². The third-order valence-electron chi connectivity index (χ3n) is 4.82. The summed E-state index contributed by atoms with van der Waals surface area (Å²) in [6, 6.07) is 10.8. The van der Waals surface area contributed by atoms with Crippen LogP contribution in [0.3, 0.4) is 0 Å². The highest BCUT2D eigenvalue weighted by molar-refractivity contribution is 5.15. The Kier molecular flexibility index (Phi) is 4.34. The SMILES string of the molecule is CC1(C)CNCC2(CCN(CCc3ccccc3)CC2)O1. The largest absolute Gasteiger partial charge is 0.366 e. The second kappa shape index (κ2) is 6.07. The molecule has 0 saturated carbocycles. The van der Waals surface area contributed by atoms with Gasteiger partial charge in [-0.25, -0.2) is 0 Å². The van der Waals surface area contributed by atoms with Gasteiger partial charge < -0.3 is 15.0 Å². The lowest BCUT2D eigenvalue weighted by atomic mass is 9.87. The molecule has 1 spiro atoms. The number of hydrogen-bond acceptors (Lipinski definition) is 3. The summed E-state index contributed by atoms with van der Waals surface area (Å²) in [5.74, 6) is 0. The molecule has 2 aliphatic rings. The zero-order valence-electron chi connectivity index (χ0n) is 13.4. The molecule has 2 saturated heterocycles. The minimum Gasteiger partial charge on any atom is -0.366 e. The van der Waals surface area contributed by atoms with E-state index in [1.165, 1.54) is 5.56 Å². The molecule has 2 aliphatic heterocycles. The monoisotopic (exact) mass is 288 g/mol. The Bertz CT molecular complexity index is 450. The quantitative estimate of drug-likeness (QED) is 0.925.